The summed E-state index contributed by atoms with van der Waals surface area (Å²) in [5, 5.41) is 10.1. The van der Waals surface area contributed by atoms with E-state index in [4.69, 9.17) is 11.0 Å². The summed E-state index contributed by atoms with van der Waals surface area (Å²) in [4.78, 5) is 30.7. The number of carbonyl (C=O) groups is 2. The molecule has 8 nitrogen and oxygen atoms in total. The van der Waals surface area contributed by atoms with Crippen LogP contribution >= 0.6 is 0 Å². The van der Waals surface area contributed by atoms with Crippen LogP contribution in [0, 0.1) is 24.3 Å². The Morgan fingerprint density at radius 2 is 1.51 bits per heavy atom. The number of nitrogens with two attached hydrogens (primary N) is 1. The number of rotatable bonds is 4. The van der Waals surface area contributed by atoms with E-state index in [1.165, 1.54) is 6.19 Å². The maximum absolute atomic E-state index is 12.6. The highest BCUT2D eigenvalue weighted by molar-refractivity contribution is 5.85. The van der Waals surface area contributed by atoms with Crippen molar-refractivity contribution in [1.82, 2.24) is 15.1 Å². The third kappa shape index (κ3) is 11.5. The highest BCUT2D eigenvalue weighted by Crippen LogP contribution is 2.36. The summed E-state index contributed by atoms with van der Waals surface area (Å²) in [6.45, 7) is 2.28. The van der Waals surface area contributed by atoms with Crippen LogP contribution in [0.2, 0.25) is 0 Å². The number of nitriles is 1. The molecule has 0 atom stereocenters. The predicted molar refractivity (Wildman–Crippen MR) is 131 cm³/mol. The van der Waals surface area contributed by atoms with Gasteiger partial charge in [0, 0.05) is 26.1 Å². The van der Waals surface area contributed by atoms with Gasteiger partial charge >= 0.3 is 12.4 Å². The van der Waals surface area contributed by atoms with Crippen molar-refractivity contribution in [3.05, 3.63) is 34.9 Å². The van der Waals surface area contributed by atoms with Crippen LogP contribution in [0.3, 0.4) is 0 Å². The molecular weight excluding hydrogens is 530 g/mol. The van der Waals surface area contributed by atoms with Gasteiger partial charge in [0.05, 0.1) is 24.2 Å². The number of benzene rings is 1. The van der Waals surface area contributed by atoms with Crippen LogP contribution in [0.15, 0.2) is 23.2 Å². The Morgan fingerprint density at radius 3 is 2.03 bits per heavy atom. The van der Waals surface area contributed by atoms with Crippen LogP contribution in [0.1, 0.15) is 55.2 Å². The van der Waals surface area contributed by atoms with Gasteiger partial charge in [-0.3, -0.25) is 14.9 Å². The predicted octanol–water partition coefficient (Wildman–Crippen LogP) is 3.87. The van der Waals surface area contributed by atoms with E-state index in [1.54, 1.807) is 4.90 Å². The van der Waals surface area contributed by atoms with E-state index in [9.17, 15) is 35.9 Å². The van der Waals surface area contributed by atoms with Crippen LogP contribution in [-0.2, 0) is 28.5 Å². The van der Waals surface area contributed by atoms with Gasteiger partial charge in [0.2, 0.25) is 17.8 Å². The van der Waals surface area contributed by atoms with Crippen LogP contribution in [0.4, 0.5) is 26.3 Å². The van der Waals surface area contributed by atoms with E-state index >= 15 is 0 Å². The number of amides is 2. The number of nitrogens with zero attached hydrogens (tertiary/aromatic N) is 4. The Balaban J connectivity index is 0.000000377. The zero-order valence-corrected chi connectivity index (χ0v) is 21.1. The smallest absolute Gasteiger partial charge is 0.369 e. The molecule has 2 aliphatic heterocycles. The second-order valence-electron chi connectivity index (χ2n) is 8.57. The topological polar surface area (TPSA) is 115 Å². The number of nitrogens with one attached hydrogen (secondary N) is 1. The molecule has 1 aromatic rings. The fourth-order valence-corrected chi connectivity index (χ4v) is 3.82. The van der Waals surface area contributed by atoms with Crippen molar-refractivity contribution < 1.29 is 35.9 Å². The number of aliphatic imine (C=N–C) groups is 1. The summed E-state index contributed by atoms with van der Waals surface area (Å²) in [5.74, 6) is -0.124. The number of terminal acetylenes is 1. The SMILES string of the molecule is C#C.N#CNC(N)=NCc1cc(C(F)(F)F)cc(C(F)(F)F)c1.O=C(CN1CCCCCC1=O)N1CCCC1. The number of alkyl halides is 6. The number of guanidine groups is 1. The summed E-state index contributed by atoms with van der Waals surface area (Å²) in [6, 6.07) is 1.10. The van der Waals surface area contributed by atoms with Crippen molar-refractivity contribution in [1.29, 1.82) is 5.26 Å². The molecule has 14 heteroatoms. The highest BCUT2D eigenvalue weighted by atomic mass is 19.4. The van der Waals surface area contributed by atoms with E-state index in [1.807, 2.05) is 10.2 Å². The molecule has 2 saturated heterocycles. The lowest BCUT2D eigenvalue weighted by Crippen LogP contribution is -2.41. The average Bonchev–Trinajstić information content (AvgIpc) is 3.35. The number of halogens is 6. The third-order valence-electron chi connectivity index (χ3n) is 5.72. The van der Waals surface area contributed by atoms with Gasteiger partial charge in [0.25, 0.3) is 0 Å². The van der Waals surface area contributed by atoms with Gasteiger partial charge in [-0.15, -0.1) is 12.8 Å². The van der Waals surface area contributed by atoms with Crippen molar-refractivity contribution in [2.45, 2.75) is 57.4 Å². The first kappa shape index (κ1) is 33.1. The fraction of sp³-hybridized carbons (Fsp3) is 0.520. The quantitative estimate of drug-likeness (QED) is 0.145. The van der Waals surface area contributed by atoms with E-state index in [-0.39, 0.29) is 23.4 Å². The first-order valence-electron chi connectivity index (χ1n) is 11.9. The van der Waals surface area contributed by atoms with Gasteiger partial charge in [0.1, 0.15) is 0 Å². The molecule has 214 valence electrons. The summed E-state index contributed by atoms with van der Waals surface area (Å²) in [7, 11) is 0. The zero-order valence-electron chi connectivity index (χ0n) is 21.1. The van der Waals surface area contributed by atoms with Crippen molar-refractivity contribution in [2.24, 2.45) is 10.7 Å². The van der Waals surface area contributed by atoms with Gasteiger partial charge in [-0.1, -0.05) is 6.42 Å². The molecule has 39 heavy (non-hydrogen) atoms. The molecule has 2 fully saturated rings. The van der Waals surface area contributed by atoms with Gasteiger partial charge < -0.3 is 15.5 Å². The first-order chi connectivity index (χ1) is 18.3. The third-order valence-corrected chi connectivity index (χ3v) is 5.72. The Hall–Kier alpha value is -3.94. The Bertz CT molecular complexity index is 1020. The van der Waals surface area contributed by atoms with Crippen LogP contribution < -0.4 is 11.1 Å². The number of carbonyl (C=O) groups excluding carboxylic acids is 2. The second kappa shape index (κ2) is 15.5. The van der Waals surface area contributed by atoms with Crippen LogP contribution in [-0.4, -0.2) is 53.8 Å². The Labute approximate surface area is 222 Å². The van der Waals surface area contributed by atoms with Gasteiger partial charge in [-0.25, -0.2) is 4.99 Å². The molecule has 0 aromatic heterocycles. The molecule has 0 spiro atoms. The largest absolute Gasteiger partial charge is 0.416 e. The maximum atomic E-state index is 12.6. The Kier molecular flexibility index (Phi) is 13.1. The summed E-state index contributed by atoms with van der Waals surface area (Å²) >= 11 is 0. The molecule has 1 aromatic carbocycles. The maximum Gasteiger partial charge on any atom is 0.416 e. The van der Waals surface area contributed by atoms with Crippen molar-refractivity contribution in [2.75, 3.05) is 26.2 Å². The molecule has 0 unspecified atom stereocenters. The summed E-state index contributed by atoms with van der Waals surface area (Å²) < 4.78 is 75.4. The molecule has 0 bridgehead atoms. The first-order valence-corrected chi connectivity index (χ1v) is 11.9. The van der Waals surface area contributed by atoms with E-state index in [0.29, 0.717) is 25.1 Å². The number of hydrogen-bond donors (Lipinski definition) is 2. The van der Waals surface area contributed by atoms with Crippen LogP contribution in [0.25, 0.3) is 0 Å². The van der Waals surface area contributed by atoms with Crippen molar-refractivity contribution in [3.8, 4) is 19.0 Å². The van der Waals surface area contributed by atoms with Crippen molar-refractivity contribution >= 4 is 17.8 Å². The van der Waals surface area contributed by atoms with Gasteiger partial charge in [-0.2, -0.15) is 31.6 Å². The van der Waals surface area contributed by atoms with E-state index < -0.39 is 36.0 Å². The summed E-state index contributed by atoms with van der Waals surface area (Å²) in [6.07, 6.45) is 5.54. The molecule has 3 N–H and O–H groups in total. The molecule has 2 aliphatic rings. The molecule has 0 saturated carbocycles. The summed E-state index contributed by atoms with van der Waals surface area (Å²) in [5.41, 5.74) is 1.95. The van der Waals surface area contributed by atoms with E-state index in [2.05, 4.69) is 17.8 Å². The second-order valence-corrected chi connectivity index (χ2v) is 8.57. The molecule has 0 aliphatic carbocycles. The minimum atomic E-state index is -4.92. The minimum absolute atomic E-state index is 0.0180. The number of hydrogen-bond acceptors (Lipinski definition) is 4. The van der Waals surface area contributed by atoms with Crippen LogP contribution in [0.5, 0.6) is 0 Å². The monoisotopic (exact) mass is 560 g/mol. The molecule has 2 amide bonds. The standard InChI is InChI=1S/C12H20N2O2.C11H8F6N4.C2H2/c15-11-6-2-1-3-9-14(11)10-12(16)13-7-4-5-8-13;12-10(13,14)7-1-6(4-20-9(19)21-5-18)2-8(3-7)11(15,16)17;1-2/h1-10H2;1-3H,4H2,(H3,19,20,21);1-2H. The highest BCUT2D eigenvalue weighted by Gasteiger charge is 2.36. The van der Waals surface area contributed by atoms with Crippen molar-refractivity contribution in [3.63, 3.8) is 0 Å². The zero-order chi connectivity index (χ0) is 29.6. The lowest BCUT2D eigenvalue weighted by molar-refractivity contribution is -0.143. The number of likely N-dealkylation sites (tertiary alicyclic amines) is 2. The molecular formula is C25H30F6N6O2. The normalized spacial score (nSPS) is 16.2. The lowest BCUT2D eigenvalue weighted by Gasteiger charge is -2.23. The molecule has 0 radical (unpaired) electrons. The average molecular weight is 561 g/mol. The van der Waals surface area contributed by atoms with E-state index in [0.717, 1.165) is 51.7 Å². The molecule has 3 rings (SSSR count). The van der Waals surface area contributed by atoms with Gasteiger partial charge in [0.15, 0.2) is 6.19 Å². The van der Waals surface area contributed by atoms with Gasteiger partial charge in [-0.05, 0) is 49.4 Å². The Morgan fingerprint density at radius 1 is 0.974 bits per heavy atom. The minimum Gasteiger partial charge on any atom is -0.369 e. The fourth-order valence-electron chi connectivity index (χ4n) is 3.82. The lowest BCUT2D eigenvalue weighted by atomic mass is 10.0. The molecule has 2 heterocycles.